The second-order valence-electron chi connectivity index (χ2n) is 6.58. The number of thiophene rings is 1. The Kier molecular flexibility index (Phi) is 4.29. The summed E-state index contributed by atoms with van der Waals surface area (Å²) in [5, 5.41) is 12.6. The number of anilines is 1. The summed E-state index contributed by atoms with van der Waals surface area (Å²) in [6.45, 7) is 5.96. The van der Waals surface area contributed by atoms with Gasteiger partial charge in [-0.1, -0.05) is 6.07 Å². The minimum Gasteiger partial charge on any atom is -0.397 e. The van der Waals surface area contributed by atoms with Crippen LogP contribution in [0.15, 0.2) is 24.5 Å². The molecular weight excluding hydrogens is 348 g/mol. The molecule has 4 heterocycles. The van der Waals surface area contributed by atoms with Gasteiger partial charge in [0.05, 0.1) is 11.4 Å². The van der Waals surface area contributed by atoms with Gasteiger partial charge in [0, 0.05) is 43.5 Å². The largest absolute Gasteiger partial charge is 0.397 e. The molecule has 0 spiro atoms. The molecule has 4 rings (SSSR count). The number of hydrogen-bond donors (Lipinski definition) is 2. The lowest BCUT2D eigenvalue weighted by molar-refractivity contribution is 0.0572. The summed E-state index contributed by atoms with van der Waals surface area (Å²) in [5.74, 6) is -0.0259. The number of pyridine rings is 1. The van der Waals surface area contributed by atoms with Gasteiger partial charge in [0.2, 0.25) is 0 Å². The zero-order valence-electron chi connectivity index (χ0n) is 14.7. The standard InChI is InChI=1S/C18H20N6OS/c1-10-11(2)22-23-17-14(10)15(19)16(26-17)18(25)24-8-13(9-24)21-7-12-4-3-5-20-6-12/h3-6,13,21H,7-9,19H2,1-2H3. The first-order valence-electron chi connectivity index (χ1n) is 8.48. The Hall–Kier alpha value is -2.58. The second-order valence-corrected chi connectivity index (χ2v) is 7.58. The summed E-state index contributed by atoms with van der Waals surface area (Å²) in [4.78, 5) is 20.0. The summed E-state index contributed by atoms with van der Waals surface area (Å²) < 4.78 is 0. The monoisotopic (exact) mass is 368 g/mol. The highest BCUT2D eigenvalue weighted by Crippen LogP contribution is 2.36. The number of fused-ring (bicyclic) bond motifs is 1. The highest BCUT2D eigenvalue weighted by atomic mass is 32.1. The average molecular weight is 368 g/mol. The van der Waals surface area contributed by atoms with Gasteiger partial charge < -0.3 is 16.0 Å². The van der Waals surface area contributed by atoms with Crippen LogP contribution in [0.5, 0.6) is 0 Å². The molecule has 0 aromatic carbocycles. The number of amides is 1. The fourth-order valence-electron chi connectivity index (χ4n) is 3.08. The Bertz CT molecular complexity index is 965. The lowest BCUT2D eigenvalue weighted by Crippen LogP contribution is -2.59. The van der Waals surface area contributed by atoms with Crippen LogP contribution in [-0.2, 0) is 6.54 Å². The second kappa shape index (κ2) is 6.62. The van der Waals surface area contributed by atoms with E-state index in [9.17, 15) is 4.79 Å². The predicted molar refractivity (Wildman–Crippen MR) is 102 cm³/mol. The predicted octanol–water partition coefficient (Wildman–Crippen LogP) is 1.90. The number of nitrogens with two attached hydrogens (primary N) is 1. The Balaban J connectivity index is 1.43. The van der Waals surface area contributed by atoms with Gasteiger partial charge in [-0.2, -0.15) is 5.10 Å². The number of nitrogens with zero attached hydrogens (tertiary/aromatic N) is 4. The van der Waals surface area contributed by atoms with Crippen molar-refractivity contribution >= 4 is 33.1 Å². The molecule has 0 atom stereocenters. The van der Waals surface area contributed by atoms with E-state index in [1.54, 1.807) is 6.20 Å². The molecule has 1 amide bonds. The van der Waals surface area contributed by atoms with Crippen LogP contribution < -0.4 is 11.1 Å². The van der Waals surface area contributed by atoms with Crippen LogP contribution >= 0.6 is 11.3 Å². The van der Waals surface area contributed by atoms with Crippen molar-refractivity contribution in [1.82, 2.24) is 25.4 Å². The molecule has 0 aliphatic carbocycles. The first-order valence-corrected chi connectivity index (χ1v) is 9.29. The van der Waals surface area contributed by atoms with Crippen molar-refractivity contribution in [3.63, 3.8) is 0 Å². The quantitative estimate of drug-likeness (QED) is 0.730. The van der Waals surface area contributed by atoms with Crippen molar-refractivity contribution in [2.75, 3.05) is 18.8 Å². The van der Waals surface area contributed by atoms with Crippen molar-refractivity contribution in [2.24, 2.45) is 0 Å². The van der Waals surface area contributed by atoms with Crippen molar-refractivity contribution in [3.8, 4) is 0 Å². The molecule has 8 heteroatoms. The summed E-state index contributed by atoms with van der Waals surface area (Å²) in [6.07, 6.45) is 3.61. The number of nitrogen functional groups attached to an aromatic ring is 1. The van der Waals surface area contributed by atoms with E-state index in [4.69, 9.17) is 5.73 Å². The highest BCUT2D eigenvalue weighted by molar-refractivity contribution is 7.21. The van der Waals surface area contributed by atoms with Gasteiger partial charge in [-0.05, 0) is 31.0 Å². The van der Waals surface area contributed by atoms with Crippen LogP contribution in [0, 0.1) is 13.8 Å². The molecule has 0 bridgehead atoms. The third-order valence-electron chi connectivity index (χ3n) is 4.82. The first-order chi connectivity index (χ1) is 12.5. The molecule has 0 saturated carbocycles. The van der Waals surface area contributed by atoms with Gasteiger partial charge in [0.1, 0.15) is 9.71 Å². The van der Waals surface area contributed by atoms with E-state index in [2.05, 4.69) is 20.5 Å². The Morgan fingerprint density at radius 3 is 2.92 bits per heavy atom. The zero-order valence-corrected chi connectivity index (χ0v) is 15.5. The molecule has 7 nitrogen and oxygen atoms in total. The maximum Gasteiger partial charge on any atom is 0.266 e. The fraction of sp³-hybridized carbons (Fsp3) is 0.333. The number of likely N-dealkylation sites (tertiary alicyclic amines) is 1. The van der Waals surface area contributed by atoms with E-state index < -0.39 is 0 Å². The third kappa shape index (κ3) is 2.91. The molecule has 1 saturated heterocycles. The minimum absolute atomic E-state index is 0.0259. The van der Waals surface area contributed by atoms with Crippen molar-refractivity contribution in [2.45, 2.75) is 26.4 Å². The normalized spacial score (nSPS) is 14.6. The van der Waals surface area contributed by atoms with E-state index in [0.29, 0.717) is 29.7 Å². The molecule has 1 fully saturated rings. The Labute approximate surface area is 155 Å². The van der Waals surface area contributed by atoms with E-state index in [1.807, 2.05) is 37.1 Å². The summed E-state index contributed by atoms with van der Waals surface area (Å²) in [7, 11) is 0. The molecule has 0 unspecified atom stereocenters. The van der Waals surface area contributed by atoms with E-state index in [0.717, 1.165) is 33.6 Å². The third-order valence-corrected chi connectivity index (χ3v) is 5.89. The van der Waals surface area contributed by atoms with Gasteiger partial charge in [0.15, 0.2) is 0 Å². The number of carbonyl (C=O) groups is 1. The lowest BCUT2D eigenvalue weighted by atomic mass is 10.1. The van der Waals surface area contributed by atoms with Crippen molar-refractivity contribution in [3.05, 3.63) is 46.2 Å². The van der Waals surface area contributed by atoms with Gasteiger partial charge in [-0.25, -0.2) is 0 Å². The molecule has 3 N–H and O–H groups in total. The summed E-state index contributed by atoms with van der Waals surface area (Å²) in [6, 6.07) is 4.24. The first kappa shape index (κ1) is 16.9. The van der Waals surface area contributed by atoms with Crippen molar-refractivity contribution in [1.29, 1.82) is 0 Å². The van der Waals surface area contributed by atoms with Gasteiger partial charge in [-0.15, -0.1) is 16.4 Å². The smallest absolute Gasteiger partial charge is 0.266 e. The van der Waals surface area contributed by atoms with Gasteiger partial charge in [-0.3, -0.25) is 9.78 Å². The molecule has 3 aromatic heterocycles. The summed E-state index contributed by atoms with van der Waals surface area (Å²) in [5.41, 5.74) is 9.75. The Morgan fingerprint density at radius 2 is 2.19 bits per heavy atom. The number of carbonyl (C=O) groups excluding carboxylic acids is 1. The minimum atomic E-state index is -0.0259. The van der Waals surface area contributed by atoms with E-state index >= 15 is 0 Å². The number of nitrogens with one attached hydrogen (secondary N) is 1. The van der Waals surface area contributed by atoms with Crippen LogP contribution in [-0.4, -0.2) is 45.1 Å². The van der Waals surface area contributed by atoms with Crippen LogP contribution in [0.1, 0.15) is 26.5 Å². The van der Waals surface area contributed by atoms with Crippen LogP contribution in [0.4, 0.5) is 5.69 Å². The fourth-order valence-corrected chi connectivity index (χ4v) is 4.15. The SMILES string of the molecule is Cc1nnc2sc(C(=O)N3CC(NCc4cccnc4)C3)c(N)c2c1C. The molecule has 1 aliphatic rings. The number of aryl methyl sites for hydroxylation is 2. The molecule has 1 aliphatic heterocycles. The van der Waals surface area contributed by atoms with Crippen molar-refractivity contribution < 1.29 is 4.79 Å². The zero-order chi connectivity index (χ0) is 18.3. The van der Waals surface area contributed by atoms with Gasteiger partial charge in [0.25, 0.3) is 5.91 Å². The summed E-state index contributed by atoms with van der Waals surface area (Å²) >= 11 is 1.33. The lowest BCUT2D eigenvalue weighted by Gasteiger charge is -2.39. The molecule has 0 radical (unpaired) electrons. The maximum absolute atomic E-state index is 12.8. The Morgan fingerprint density at radius 1 is 1.38 bits per heavy atom. The average Bonchev–Trinajstić information content (AvgIpc) is 2.95. The highest BCUT2D eigenvalue weighted by Gasteiger charge is 2.33. The number of aromatic nitrogens is 3. The molecule has 3 aromatic rings. The molecule has 26 heavy (non-hydrogen) atoms. The molecular formula is C18H20N6OS. The molecule has 134 valence electrons. The topological polar surface area (TPSA) is 97.0 Å². The van der Waals surface area contributed by atoms with E-state index in [1.165, 1.54) is 11.3 Å². The maximum atomic E-state index is 12.8. The van der Waals surface area contributed by atoms with Crippen LogP contribution in [0.25, 0.3) is 10.2 Å². The van der Waals surface area contributed by atoms with Crippen LogP contribution in [0.2, 0.25) is 0 Å². The number of hydrogen-bond acceptors (Lipinski definition) is 7. The van der Waals surface area contributed by atoms with E-state index in [-0.39, 0.29) is 5.91 Å². The van der Waals surface area contributed by atoms with Crippen LogP contribution in [0.3, 0.4) is 0 Å². The van der Waals surface area contributed by atoms with Gasteiger partial charge >= 0.3 is 0 Å². The number of rotatable bonds is 4.